The maximum absolute atomic E-state index is 5.56. The zero-order chi connectivity index (χ0) is 10.2. The smallest absolute Gasteiger partial charge is 0.234 e. The molecule has 1 heterocycles. The lowest BCUT2D eigenvalue weighted by atomic mass is 10.1. The Balaban J connectivity index is 2.30. The van der Waals surface area contributed by atoms with Crippen molar-refractivity contribution < 1.29 is 9.47 Å². The van der Waals surface area contributed by atoms with Gasteiger partial charge in [-0.2, -0.15) is 0 Å². The minimum absolute atomic E-state index is 0.477. The van der Waals surface area contributed by atoms with Crippen molar-refractivity contribution in [2.45, 2.75) is 19.6 Å². The van der Waals surface area contributed by atoms with Crippen LogP contribution in [0.15, 0.2) is 36.6 Å². The molecule has 74 valence electrons. The summed E-state index contributed by atoms with van der Waals surface area (Å²) in [6.45, 7) is 8.19. The molecule has 0 amide bonds. The monoisotopic (exact) mass is 190 g/mol. The van der Waals surface area contributed by atoms with Gasteiger partial charge >= 0.3 is 0 Å². The van der Waals surface area contributed by atoms with Crippen molar-refractivity contribution in [1.82, 2.24) is 0 Å². The molecule has 2 nitrogen and oxygen atoms in total. The molecule has 0 aromatic heterocycles. The molecule has 1 unspecified atom stereocenters. The van der Waals surface area contributed by atoms with E-state index < -0.39 is 5.79 Å². The van der Waals surface area contributed by atoms with Crippen molar-refractivity contribution in [2.75, 3.05) is 6.61 Å². The highest BCUT2D eigenvalue weighted by molar-refractivity contribution is 5.25. The molecule has 0 aliphatic carbocycles. The molecule has 0 N–H and O–H groups in total. The van der Waals surface area contributed by atoms with E-state index in [2.05, 4.69) is 13.5 Å². The maximum Gasteiger partial charge on any atom is 0.234 e. The fourth-order valence-electron chi connectivity index (χ4n) is 1.55. The molecule has 1 aliphatic heterocycles. The summed E-state index contributed by atoms with van der Waals surface area (Å²) >= 11 is 0. The fraction of sp³-hybridized carbons (Fsp3) is 0.333. The first kappa shape index (κ1) is 9.28. The van der Waals surface area contributed by atoms with Crippen LogP contribution in [0, 0.1) is 6.92 Å². The van der Waals surface area contributed by atoms with Crippen LogP contribution in [0.25, 0.3) is 0 Å². The van der Waals surface area contributed by atoms with Crippen LogP contribution in [0.3, 0.4) is 0 Å². The standard InChI is InChI=1S/C12H14O2/c1-9-4-6-11(7-5-9)12(3)13-8-10(2)14-12/h4-7H,2,8H2,1,3H3. The zero-order valence-electron chi connectivity index (χ0n) is 8.54. The summed E-state index contributed by atoms with van der Waals surface area (Å²) in [6, 6.07) is 8.14. The van der Waals surface area contributed by atoms with Crippen LogP contribution in [-0.4, -0.2) is 6.61 Å². The van der Waals surface area contributed by atoms with Crippen LogP contribution >= 0.6 is 0 Å². The first-order chi connectivity index (χ1) is 6.60. The third-order valence-corrected chi connectivity index (χ3v) is 2.42. The van der Waals surface area contributed by atoms with Gasteiger partial charge in [0.25, 0.3) is 0 Å². The van der Waals surface area contributed by atoms with Gasteiger partial charge in [-0.3, -0.25) is 0 Å². The van der Waals surface area contributed by atoms with E-state index in [0.29, 0.717) is 12.4 Å². The SMILES string of the molecule is C=C1COC(C)(c2ccc(C)cc2)O1. The molecule has 0 spiro atoms. The van der Waals surface area contributed by atoms with Gasteiger partial charge in [-0.1, -0.05) is 36.4 Å². The summed E-state index contributed by atoms with van der Waals surface area (Å²) in [6.07, 6.45) is 0. The molecule has 1 aromatic carbocycles. The Morgan fingerprint density at radius 2 is 1.93 bits per heavy atom. The Hall–Kier alpha value is -1.28. The van der Waals surface area contributed by atoms with E-state index in [9.17, 15) is 0 Å². The van der Waals surface area contributed by atoms with Crippen LogP contribution in [-0.2, 0) is 15.3 Å². The number of hydrogen-bond donors (Lipinski definition) is 0. The van der Waals surface area contributed by atoms with Crippen molar-refractivity contribution in [3.8, 4) is 0 Å². The van der Waals surface area contributed by atoms with Gasteiger partial charge < -0.3 is 9.47 Å². The molecular formula is C12H14O2. The Bertz CT molecular complexity index is 353. The summed E-state index contributed by atoms with van der Waals surface area (Å²) in [5, 5.41) is 0. The van der Waals surface area contributed by atoms with Gasteiger partial charge in [-0.25, -0.2) is 0 Å². The largest absolute Gasteiger partial charge is 0.461 e. The molecule has 1 saturated heterocycles. The predicted molar refractivity (Wildman–Crippen MR) is 54.7 cm³/mol. The van der Waals surface area contributed by atoms with Crippen molar-refractivity contribution in [1.29, 1.82) is 0 Å². The summed E-state index contributed by atoms with van der Waals surface area (Å²) in [4.78, 5) is 0. The summed E-state index contributed by atoms with van der Waals surface area (Å²) in [5.74, 6) is 0.0400. The van der Waals surface area contributed by atoms with Crippen molar-refractivity contribution in [3.63, 3.8) is 0 Å². The number of benzene rings is 1. The minimum atomic E-state index is -0.648. The molecule has 1 aromatic rings. The lowest BCUT2D eigenvalue weighted by Gasteiger charge is -2.22. The molecule has 0 saturated carbocycles. The Labute approximate surface area is 84.2 Å². The van der Waals surface area contributed by atoms with Crippen LogP contribution in [0.4, 0.5) is 0 Å². The number of ether oxygens (including phenoxy) is 2. The fourth-order valence-corrected chi connectivity index (χ4v) is 1.55. The Morgan fingerprint density at radius 3 is 2.43 bits per heavy atom. The van der Waals surface area contributed by atoms with Gasteiger partial charge in [-0.05, 0) is 6.92 Å². The molecule has 1 fully saturated rings. The highest BCUT2D eigenvalue weighted by Gasteiger charge is 2.35. The molecule has 1 aliphatic rings. The Kier molecular flexibility index (Phi) is 2.08. The van der Waals surface area contributed by atoms with E-state index in [4.69, 9.17) is 9.47 Å². The number of aryl methyl sites for hydroxylation is 1. The second-order valence-corrected chi connectivity index (χ2v) is 3.74. The molecule has 14 heavy (non-hydrogen) atoms. The minimum Gasteiger partial charge on any atom is -0.461 e. The van der Waals surface area contributed by atoms with E-state index in [1.807, 2.05) is 31.2 Å². The van der Waals surface area contributed by atoms with Crippen molar-refractivity contribution >= 4 is 0 Å². The van der Waals surface area contributed by atoms with Crippen LogP contribution in [0.5, 0.6) is 0 Å². The van der Waals surface area contributed by atoms with E-state index in [0.717, 1.165) is 5.56 Å². The number of rotatable bonds is 1. The highest BCUT2D eigenvalue weighted by atomic mass is 16.7. The van der Waals surface area contributed by atoms with Gasteiger partial charge in [0.15, 0.2) is 0 Å². The second kappa shape index (κ2) is 3.14. The molecule has 2 rings (SSSR count). The second-order valence-electron chi connectivity index (χ2n) is 3.74. The normalized spacial score (nSPS) is 26.3. The Morgan fingerprint density at radius 1 is 1.29 bits per heavy atom. The van der Waals surface area contributed by atoms with Crippen LogP contribution in [0.1, 0.15) is 18.1 Å². The topological polar surface area (TPSA) is 18.5 Å². The van der Waals surface area contributed by atoms with Gasteiger partial charge in [0.1, 0.15) is 12.4 Å². The molecule has 0 bridgehead atoms. The van der Waals surface area contributed by atoms with Crippen molar-refractivity contribution in [3.05, 3.63) is 47.7 Å². The highest BCUT2D eigenvalue weighted by Crippen LogP contribution is 2.34. The van der Waals surface area contributed by atoms with Crippen LogP contribution < -0.4 is 0 Å². The van der Waals surface area contributed by atoms with E-state index in [-0.39, 0.29) is 0 Å². The van der Waals surface area contributed by atoms with E-state index >= 15 is 0 Å². The summed E-state index contributed by atoms with van der Waals surface area (Å²) in [7, 11) is 0. The first-order valence-corrected chi connectivity index (χ1v) is 4.68. The first-order valence-electron chi connectivity index (χ1n) is 4.68. The summed E-state index contributed by atoms with van der Waals surface area (Å²) in [5.41, 5.74) is 2.26. The predicted octanol–water partition coefficient (Wildman–Crippen LogP) is 2.73. The maximum atomic E-state index is 5.56. The quantitative estimate of drug-likeness (QED) is 0.678. The van der Waals surface area contributed by atoms with Gasteiger partial charge in [0.2, 0.25) is 5.79 Å². The average molecular weight is 190 g/mol. The lowest BCUT2D eigenvalue weighted by Crippen LogP contribution is -2.21. The molecule has 0 radical (unpaired) electrons. The molecule has 2 heteroatoms. The van der Waals surface area contributed by atoms with Gasteiger partial charge in [0, 0.05) is 12.5 Å². The van der Waals surface area contributed by atoms with Crippen molar-refractivity contribution in [2.24, 2.45) is 0 Å². The third-order valence-electron chi connectivity index (χ3n) is 2.42. The van der Waals surface area contributed by atoms with Crippen LogP contribution in [0.2, 0.25) is 0 Å². The van der Waals surface area contributed by atoms with Gasteiger partial charge in [-0.15, -0.1) is 0 Å². The van der Waals surface area contributed by atoms with E-state index in [1.54, 1.807) is 0 Å². The number of hydrogen-bond acceptors (Lipinski definition) is 2. The zero-order valence-corrected chi connectivity index (χ0v) is 8.54. The molecular weight excluding hydrogens is 176 g/mol. The third kappa shape index (κ3) is 1.53. The van der Waals surface area contributed by atoms with E-state index in [1.165, 1.54) is 5.56 Å². The lowest BCUT2D eigenvalue weighted by molar-refractivity contribution is -0.140. The molecule has 1 atom stereocenters. The van der Waals surface area contributed by atoms with Gasteiger partial charge in [0.05, 0.1) is 0 Å². The summed E-state index contributed by atoms with van der Waals surface area (Å²) < 4.78 is 11.1. The average Bonchev–Trinajstić information content (AvgIpc) is 2.48.